The SMILES string of the molecule is CCOc1ccc(/C(O)=C2/C(=O)C(=O)N(CCOC(C)C)C2c2ccccc2F)cc1. The molecule has 7 heteroatoms. The van der Waals surface area contributed by atoms with Crippen LogP contribution in [0.3, 0.4) is 0 Å². The minimum atomic E-state index is -1.05. The van der Waals surface area contributed by atoms with E-state index in [1.165, 1.54) is 23.1 Å². The maximum absolute atomic E-state index is 14.7. The number of hydrogen-bond donors (Lipinski definition) is 1. The number of carbonyl (C=O) groups excluding carboxylic acids is 2. The predicted molar refractivity (Wildman–Crippen MR) is 114 cm³/mol. The van der Waals surface area contributed by atoms with Crippen LogP contribution in [0.1, 0.15) is 37.9 Å². The Bertz CT molecular complexity index is 984. The monoisotopic (exact) mass is 427 g/mol. The fourth-order valence-electron chi connectivity index (χ4n) is 3.55. The van der Waals surface area contributed by atoms with Gasteiger partial charge in [0.05, 0.1) is 30.9 Å². The number of rotatable bonds is 8. The molecule has 3 rings (SSSR count). The van der Waals surface area contributed by atoms with Crippen molar-refractivity contribution in [2.45, 2.75) is 32.9 Å². The maximum atomic E-state index is 14.7. The van der Waals surface area contributed by atoms with Gasteiger partial charge in [0.1, 0.15) is 17.3 Å². The Morgan fingerprint density at radius 1 is 1.13 bits per heavy atom. The second-order valence-corrected chi connectivity index (χ2v) is 7.39. The number of likely N-dealkylation sites (tertiary alicyclic amines) is 1. The summed E-state index contributed by atoms with van der Waals surface area (Å²) in [5.74, 6) is -1.98. The summed E-state index contributed by atoms with van der Waals surface area (Å²) in [4.78, 5) is 26.9. The summed E-state index contributed by atoms with van der Waals surface area (Å²) in [7, 11) is 0. The Morgan fingerprint density at radius 3 is 2.42 bits per heavy atom. The molecule has 0 radical (unpaired) electrons. The highest BCUT2D eigenvalue weighted by Crippen LogP contribution is 2.40. The molecule has 6 nitrogen and oxygen atoms in total. The molecule has 0 saturated carbocycles. The third-order valence-corrected chi connectivity index (χ3v) is 4.96. The van der Waals surface area contributed by atoms with Crippen molar-refractivity contribution < 1.29 is 28.6 Å². The van der Waals surface area contributed by atoms with Crippen molar-refractivity contribution >= 4 is 17.4 Å². The van der Waals surface area contributed by atoms with Gasteiger partial charge in [-0.05, 0) is 51.1 Å². The fraction of sp³-hybridized carbons (Fsp3) is 0.333. The van der Waals surface area contributed by atoms with Gasteiger partial charge in [-0.2, -0.15) is 0 Å². The molecule has 31 heavy (non-hydrogen) atoms. The second kappa shape index (κ2) is 9.75. The molecule has 0 aliphatic carbocycles. The van der Waals surface area contributed by atoms with E-state index in [0.29, 0.717) is 17.9 Å². The molecule has 2 aromatic rings. The van der Waals surface area contributed by atoms with Crippen LogP contribution in [0.5, 0.6) is 5.75 Å². The van der Waals surface area contributed by atoms with E-state index in [0.717, 1.165) is 0 Å². The molecule has 164 valence electrons. The highest BCUT2D eigenvalue weighted by atomic mass is 19.1. The Balaban J connectivity index is 2.07. The third kappa shape index (κ3) is 4.77. The van der Waals surface area contributed by atoms with E-state index in [1.54, 1.807) is 30.3 Å². The zero-order valence-corrected chi connectivity index (χ0v) is 17.8. The first-order valence-electron chi connectivity index (χ1n) is 10.2. The van der Waals surface area contributed by atoms with Gasteiger partial charge in [-0.3, -0.25) is 9.59 Å². The van der Waals surface area contributed by atoms with Gasteiger partial charge < -0.3 is 19.5 Å². The van der Waals surface area contributed by atoms with Crippen molar-refractivity contribution in [2.75, 3.05) is 19.8 Å². The fourth-order valence-corrected chi connectivity index (χ4v) is 3.55. The standard InChI is InChI=1S/C24H26FNO5/c1-4-30-17-11-9-16(10-12-17)22(27)20-21(18-7-5-6-8-19(18)25)26(24(29)23(20)28)13-14-31-15(2)3/h5-12,15,21,27H,4,13-14H2,1-3H3/b22-20-. The predicted octanol–water partition coefficient (Wildman–Crippen LogP) is 4.07. The van der Waals surface area contributed by atoms with E-state index in [1.807, 2.05) is 20.8 Å². The highest BCUT2D eigenvalue weighted by Gasteiger charge is 2.46. The summed E-state index contributed by atoms with van der Waals surface area (Å²) in [6, 6.07) is 11.4. The Morgan fingerprint density at radius 2 is 1.81 bits per heavy atom. The lowest BCUT2D eigenvalue weighted by Crippen LogP contribution is -2.33. The van der Waals surface area contributed by atoms with Gasteiger partial charge >= 0.3 is 0 Å². The average Bonchev–Trinajstić information content (AvgIpc) is 2.99. The number of carbonyl (C=O) groups is 2. The van der Waals surface area contributed by atoms with Gasteiger partial charge in [-0.25, -0.2) is 4.39 Å². The lowest BCUT2D eigenvalue weighted by atomic mass is 9.95. The van der Waals surface area contributed by atoms with Crippen LogP contribution < -0.4 is 4.74 Å². The molecule has 0 aromatic heterocycles. The topological polar surface area (TPSA) is 76.1 Å². The van der Waals surface area contributed by atoms with Gasteiger partial charge in [0, 0.05) is 17.7 Å². The highest BCUT2D eigenvalue weighted by molar-refractivity contribution is 6.46. The summed E-state index contributed by atoms with van der Waals surface area (Å²) in [5.41, 5.74) is 0.323. The van der Waals surface area contributed by atoms with Crippen molar-refractivity contribution in [3.8, 4) is 5.75 Å². The lowest BCUT2D eigenvalue weighted by molar-refractivity contribution is -0.140. The first-order chi connectivity index (χ1) is 14.8. The van der Waals surface area contributed by atoms with Crippen LogP contribution in [-0.4, -0.2) is 47.6 Å². The Labute approximate surface area is 180 Å². The molecule has 1 unspecified atom stereocenters. The van der Waals surface area contributed by atoms with E-state index in [9.17, 15) is 19.1 Å². The average molecular weight is 427 g/mol. The molecule has 1 heterocycles. The van der Waals surface area contributed by atoms with E-state index < -0.39 is 23.5 Å². The van der Waals surface area contributed by atoms with Crippen molar-refractivity contribution in [1.82, 2.24) is 4.90 Å². The zero-order valence-electron chi connectivity index (χ0n) is 17.8. The van der Waals surface area contributed by atoms with Crippen LogP contribution in [0.25, 0.3) is 5.76 Å². The molecule has 2 aromatic carbocycles. The van der Waals surface area contributed by atoms with Crippen molar-refractivity contribution in [3.63, 3.8) is 0 Å². The number of nitrogens with zero attached hydrogens (tertiary/aromatic N) is 1. The van der Waals surface area contributed by atoms with E-state index in [2.05, 4.69) is 0 Å². The molecule has 1 aliphatic heterocycles. The number of ether oxygens (including phenoxy) is 2. The number of Topliss-reactive ketones (excluding diaryl/α,β-unsaturated/α-hetero) is 1. The summed E-state index contributed by atoms with van der Waals surface area (Å²) in [5, 5.41) is 11.0. The van der Waals surface area contributed by atoms with Gasteiger partial charge in [-0.15, -0.1) is 0 Å². The first kappa shape index (κ1) is 22.5. The normalized spacial score (nSPS) is 18.1. The molecular formula is C24H26FNO5. The largest absolute Gasteiger partial charge is 0.507 e. The van der Waals surface area contributed by atoms with E-state index >= 15 is 0 Å². The number of aliphatic hydroxyl groups excluding tert-OH is 1. The molecule has 1 aliphatic rings. The summed E-state index contributed by atoms with van der Waals surface area (Å²) < 4.78 is 25.6. The number of aliphatic hydroxyl groups is 1. The van der Waals surface area contributed by atoms with Gasteiger partial charge in [0.2, 0.25) is 0 Å². The van der Waals surface area contributed by atoms with Crippen molar-refractivity contribution in [1.29, 1.82) is 0 Å². The molecule has 0 bridgehead atoms. The van der Waals surface area contributed by atoms with Crippen LogP contribution in [0, 0.1) is 5.82 Å². The molecular weight excluding hydrogens is 401 g/mol. The van der Waals surface area contributed by atoms with Gasteiger partial charge in [0.25, 0.3) is 11.7 Å². The first-order valence-corrected chi connectivity index (χ1v) is 10.2. The van der Waals surface area contributed by atoms with Crippen molar-refractivity contribution in [2.24, 2.45) is 0 Å². The number of halogens is 1. The smallest absolute Gasteiger partial charge is 0.295 e. The molecule has 1 amide bonds. The zero-order chi connectivity index (χ0) is 22.5. The minimum absolute atomic E-state index is 0.0624. The Hall–Kier alpha value is -3.19. The second-order valence-electron chi connectivity index (χ2n) is 7.39. The summed E-state index contributed by atoms with van der Waals surface area (Å²) in [6.45, 7) is 6.32. The molecule has 1 saturated heterocycles. The van der Waals surface area contributed by atoms with Crippen molar-refractivity contribution in [3.05, 3.63) is 71.0 Å². The van der Waals surface area contributed by atoms with Crippen LogP contribution in [0.2, 0.25) is 0 Å². The van der Waals surface area contributed by atoms with E-state index in [4.69, 9.17) is 9.47 Å². The maximum Gasteiger partial charge on any atom is 0.295 e. The number of hydrogen-bond acceptors (Lipinski definition) is 5. The van der Waals surface area contributed by atoms with Crippen LogP contribution >= 0.6 is 0 Å². The number of ketones is 1. The third-order valence-electron chi connectivity index (χ3n) is 4.96. The summed E-state index contributed by atoms with van der Waals surface area (Å²) >= 11 is 0. The van der Waals surface area contributed by atoms with Gasteiger partial charge in [0.15, 0.2) is 0 Å². The summed E-state index contributed by atoms with van der Waals surface area (Å²) in [6.07, 6.45) is -0.0624. The Kier molecular flexibility index (Phi) is 7.07. The number of benzene rings is 2. The number of amides is 1. The molecule has 1 N–H and O–H groups in total. The minimum Gasteiger partial charge on any atom is -0.507 e. The van der Waals surface area contributed by atoms with Crippen LogP contribution in [0.15, 0.2) is 54.1 Å². The van der Waals surface area contributed by atoms with Crippen LogP contribution in [-0.2, 0) is 14.3 Å². The van der Waals surface area contributed by atoms with E-state index in [-0.39, 0.29) is 36.2 Å². The molecule has 1 atom stereocenters. The van der Waals surface area contributed by atoms with Gasteiger partial charge in [-0.1, -0.05) is 18.2 Å². The van der Waals surface area contributed by atoms with Crippen LogP contribution in [0.4, 0.5) is 4.39 Å². The quantitative estimate of drug-likeness (QED) is 0.390. The molecule has 1 fully saturated rings. The lowest BCUT2D eigenvalue weighted by Gasteiger charge is -2.26. The molecule has 0 spiro atoms.